The van der Waals surface area contributed by atoms with Crippen molar-refractivity contribution in [1.29, 1.82) is 0 Å². The van der Waals surface area contributed by atoms with Gasteiger partial charge >= 0.3 is 11.6 Å². The van der Waals surface area contributed by atoms with Gasteiger partial charge in [-0.2, -0.15) is 4.31 Å². The first-order valence-electron chi connectivity index (χ1n) is 9.00. The summed E-state index contributed by atoms with van der Waals surface area (Å²) in [5, 5.41) is 0.637. The Morgan fingerprint density at radius 2 is 1.80 bits per heavy atom. The van der Waals surface area contributed by atoms with Crippen LogP contribution in [0.2, 0.25) is 0 Å². The molecule has 158 valence electrons. The molecule has 0 N–H and O–H groups in total. The Kier molecular flexibility index (Phi) is 6.04. The van der Waals surface area contributed by atoms with Crippen LogP contribution in [-0.2, 0) is 26.2 Å². The molecule has 0 fully saturated rings. The highest BCUT2D eigenvalue weighted by atomic mass is 32.2. The fourth-order valence-electron chi connectivity index (χ4n) is 2.90. The number of fused-ring (bicyclic) bond motifs is 1. The van der Waals surface area contributed by atoms with Gasteiger partial charge in [0.05, 0.1) is 4.90 Å². The summed E-state index contributed by atoms with van der Waals surface area (Å²) in [6.07, 6.45) is 0. The number of hydrogen-bond donors (Lipinski definition) is 0. The highest BCUT2D eigenvalue weighted by molar-refractivity contribution is 7.89. The summed E-state index contributed by atoms with van der Waals surface area (Å²) in [7, 11) is -2.76. The summed E-state index contributed by atoms with van der Waals surface area (Å²) in [5.41, 5.74) is 2.07. The van der Waals surface area contributed by atoms with Crippen LogP contribution in [0.4, 0.5) is 4.39 Å². The van der Waals surface area contributed by atoms with E-state index in [2.05, 4.69) is 0 Å². The number of aryl methyl sites for hydroxylation is 2. The minimum atomic E-state index is -3.98. The van der Waals surface area contributed by atoms with Crippen LogP contribution in [0.25, 0.3) is 11.0 Å². The molecular formula is C21H20FNO6S. The van der Waals surface area contributed by atoms with Crippen molar-refractivity contribution in [3.05, 3.63) is 75.4 Å². The third-order valence-corrected chi connectivity index (χ3v) is 6.60. The molecule has 0 saturated heterocycles. The number of benzene rings is 2. The van der Waals surface area contributed by atoms with Gasteiger partial charge in [-0.1, -0.05) is 12.1 Å². The molecule has 2 aromatic carbocycles. The number of carbonyl (C=O) groups excluding carboxylic acids is 1. The van der Waals surface area contributed by atoms with Crippen LogP contribution < -0.4 is 5.63 Å². The molecule has 0 aliphatic carbocycles. The van der Waals surface area contributed by atoms with Crippen LogP contribution in [-0.4, -0.2) is 32.3 Å². The first-order chi connectivity index (χ1) is 14.1. The molecule has 0 unspecified atom stereocenters. The minimum absolute atomic E-state index is 0.142. The second kappa shape index (κ2) is 8.37. The Morgan fingerprint density at radius 1 is 1.13 bits per heavy atom. The third kappa shape index (κ3) is 4.42. The fraction of sp³-hybridized carbons (Fsp3) is 0.238. The second-order valence-electron chi connectivity index (χ2n) is 6.85. The number of hydrogen-bond acceptors (Lipinski definition) is 6. The van der Waals surface area contributed by atoms with Crippen molar-refractivity contribution >= 4 is 27.0 Å². The number of halogens is 1. The van der Waals surface area contributed by atoms with Crippen LogP contribution in [0.15, 0.2) is 56.6 Å². The minimum Gasteiger partial charge on any atom is -0.460 e. The van der Waals surface area contributed by atoms with Crippen LogP contribution in [0.5, 0.6) is 0 Å². The van der Waals surface area contributed by atoms with Crippen molar-refractivity contribution in [1.82, 2.24) is 4.31 Å². The Hall–Kier alpha value is -3.04. The Bertz CT molecular complexity index is 1270. The standard InChI is InChI=1S/C21H20FNO6S/c1-13-4-9-18-15(10-19(24)29-21(18)14(13)2)12-28-20(25)11-23(3)30(26,27)17-7-5-16(22)6-8-17/h4-10H,11-12H2,1-3H3. The van der Waals surface area contributed by atoms with Gasteiger partial charge in [-0.3, -0.25) is 4.79 Å². The van der Waals surface area contributed by atoms with Gasteiger partial charge in [0, 0.05) is 24.1 Å². The second-order valence-corrected chi connectivity index (χ2v) is 8.90. The van der Waals surface area contributed by atoms with Crippen molar-refractivity contribution in [2.24, 2.45) is 0 Å². The van der Waals surface area contributed by atoms with Crippen LogP contribution >= 0.6 is 0 Å². The number of rotatable bonds is 6. The zero-order valence-electron chi connectivity index (χ0n) is 16.6. The highest BCUT2D eigenvalue weighted by Gasteiger charge is 2.24. The van der Waals surface area contributed by atoms with Gasteiger partial charge in [0.1, 0.15) is 24.6 Å². The van der Waals surface area contributed by atoms with Crippen molar-refractivity contribution in [3.8, 4) is 0 Å². The summed E-state index contributed by atoms with van der Waals surface area (Å²) in [4.78, 5) is 24.0. The average molecular weight is 433 g/mol. The molecule has 9 heteroatoms. The maximum atomic E-state index is 13.0. The molecule has 3 rings (SSSR count). The van der Waals surface area contributed by atoms with Crippen molar-refractivity contribution in [3.63, 3.8) is 0 Å². The third-order valence-electron chi connectivity index (χ3n) is 4.78. The fourth-order valence-corrected chi connectivity index (χ4v) is 4.02. The maximum Gasteiger partial charge on any atom is 0.336 e. The summed E-state index contributed by atoms with van der Waals surface area (Å²) in [5.74, 6) is -1.37. The molecule has 0 aliphatic rings. The number of nitrogens with zero attached hydrogens (tertiary/aromatic N) is 1. The van der Waals surface area contributed by atoms with Crippen molar-refractivity contribution < 1.29 is 26.8 Å². The zero-order chi connectivity index (χ0) is 22.1. The lowest BCUT2D eigenvalue weighted by Gasteiger charge is -2.16. The van der Waals surface area contributed by atoms with Gasteiger partial charge in [-0.05, 0) is 49.2 Å². The molecule has 1 aromatic heterocycles. The van der Waals surface area contributed by atoms with E-state index in [1.165, 1.54) is 13.1 Å². The number of esters is 1. The lowest BCUT2D eigenvalue weighted by molar-refractivity contribution is -0.144. The van der Waals surface area contributed by atoms with Crippen molar-refractivity contribution in [2.45, 2.75) is 25.3 Å². The monoisotopic (exact) mass is 433 g/mol. The summed E-state index contributed by atoms with van der Waals surface area (Å²) < 4.78 is 49.3. The molecule has 0 aliphatic heterocycles. The van der Waals surface area contributed by atoms with Gasteiger partial charge in [-0.15, -0.1) is 0 Å². The molecule has 0 spiro atoms. The molecular weight excluding hydrogens is 413 g/mol. The van der Waals surface area contributed by atoms with E-state index < -0.39 is 34.0 Å². The summed E-state index contributed by atoms with van der Waals surface area (Å²) >= 11 is 0. The Balaban J connectivity index is 1.74. The number of ether oxygens (including phenoxy) is 1. The van der Waals surface area contributed by atoms with E-state index in [1.807, 2.05) is 19.9 Å². The Morgan fingerprint density at radius 3 is 2.47 bits per heavy atom. The van der Waals surface area contributed by atoms with Gasteiger partial charge in [0.25, 0.3) is 0 Å². The summed E-state index contributed by atoms with van der Waals surface area (Å²) in [6.45, 7) is 2.95. The van der Waals surface area contributed by atoms with E-state index in [-0.39, 0.29) is 11.5 Å². The smallest absolute Gasteiger partial charge is 0.336 e. The number of sulfonamides is 1. The quantitative estimate of drug-likeness (QED) is 0.438. The van der Waals surface area contributed by atoms with E-state index in [1.54, 1.807) is 6.07 Å². The van der Waals surface area contributed by atoms with Gasteiger partial charge in [0.15, 0.2) is 0 Å². The maximum absolute atomic E-state index is 13.0. The van der Waals surface area contributed by atoms with E-state index >= 15 is 0 Å². The highest BCUT2D eigenvalue weighted by Crippen LogP contribution is 2.24. The predicted octanol–water partition coefficient (Wildman–Crippen LogP) is 2.91. The van der Waals surface area contributed by atoms with Gasteiger partial charge < -0.3 is 9.15 Å². The van der Waals surface area contributed by atoms with Gasteiger partial charge in [-0.25, -0.2) is 17.6 Å². The molecule has 1 heterocycles. The van der Waals surface area contributed by atoms with E-state index in [0.717, 1.165) is 39.7 Å². The topological polar surface area (TPSA) is 93.9 Å². The van der Waals surface area contributed by atoms with Crippen molar-refractivity contribution in [2.75, 3.05) is 13.6 Å². The van der Waals surface area contributed by atoms with Crippen LogP contribution in [0, 0.1) is 19.7 Å². The van der Waals surface area contributed by atoms with E-state index in [4.69, 9.17) is 9.15 Å². The SMILES string of the molecule is Cc1ccc2c(COC(=O)CN(C)S(=O)(=O)c3ccc(F)cc3)cc(=O)oc2c1C. The molecule has 0 saturated carbocycles. The molecule has 0 amide bonds. The lowest BCUT2D eigenvalue weighted by Crippen LogP contribution is -2.33. The Labute approximate surface area is 172 Å². The number of carbonyl (C=O) groups is 1. The lowest BCUT2D eigenvalue weighted by atomic mass is 10.0. The normalized spacial score (nSPS) is 11.8. The molecule has 7 nitrogen and oxygen atoms in total. The van der Waals surface area contributed by atoms with E-state index in [0.29, 0.717) is 16.5 Å². The molecule has 0 bridgehead atoms. The molecule has 0 atom stereocenters. The van der Waals surface area contributed by atoms with Crippen LogP contribution in [0.3, 0.4) is 0 Å². The first-order valence-corrected chi connectivity index (χ1v) is 10.4. The largest absolute Gasteiger partial charge is 0.460 e. The van der Waals surface area contributed by atoms with Gasteiger partial charge in [0.2, 0.25) is 10.0 Å². The molecule has 0 radical (unpaired) electrons. The van der Waals surface area contributed by atoms with Crippen LogP contribution in [0.1, 0.15) is 16.7 Å². The van der Waals surface area contributed by atoms with E-state index in [9.17, 15) is 22.4 Å². The zero-order valence-corrected chi connectivity index (χ0v) is 17.5. The predicted molar refractivity (Wildman–Crippen MR) is 108 cm³/mol. The average Bonchev–Trinajstić information content (AvgIpc) is 2.69. The first kappa shape index (κ1) is 21.7. The molecule has 30 heavy (non-hydrogen) atoms. The molecule has 3 aromatic rings. The summed E-state index contributed by atoms with van der Waals surface area (Å²) in [6, 6.07) is 9.16. The number of likely N-dealkylation sites (N-methyl/N-ethyl adjacent to an activating group) is 1.